The van der Waals surface area contributed by atoms with Crippen LogP contribution in [0.15, 0.2) is 55.1 Å². The molecule has 0 saturated heterocycles. The lowest BCUT2D eigenvalue weighted by molar-refractivity contribution is -0.137. The number of nitrogens with one attached hydrogen (secondary N) is 2. The van der Waals surface area contributed by atoms with Crippen molar-refractivity contribution in [3.05, 3.63) is 66.2 Å². The van der Waals surface area contributed by atoms with Crippen LogP contribution < -0.4 is 16.4 Å². The van der Waals surface area contributed by atoms with Gasteiger partial charge in [-0.05, 0) is 36.8 Å². The predicted molar refractivity (Wildman–Crippen MR) is 115 cm³/mol. The maximum absolute atomic E-state index is 12.8. The zero-order valence-electron chi connectivity index (χ0n) is 17.1. The minimum Gasteiger partial charge on any atom is -0.389 e. The average Bonchev–Trinajstić information content (AvgIpc) is 3.15. The monoisotopic (exact) mass is 457 g/mol. The van der Waals surface area contributed by atoms with Gasteiger partial charge in [0.15, 0.2) is 5.82 Å². The highest BCUT2D eigenvalue weighted by molar-refractivity contribution is 5.99. The Labute approximate surface area is 185 Å². The highest BCUT2D eigenvalue weighted by atomic mass is 19.4. The van der Waals surface area contributed by atoms with Crippen molar-refractivity contribution in [1.82, 2.24) is 19.6 Å². The predicted octanol–water partition coefficient (Wildman–Crippen LogP) is 4.09. The molecule has 1 aromatic carbocycles. The number of aromatic nitrogens is 4. The van der Waals surface area contributed by atoms with Crippen molar-refractivity contribution in [2.24, 2.45) is 0 Å². The number of amides is 2. The second-order valence-corrected chi connectivity index (χ2v) is 7.16. The lowest BCUT2D eigenvalue weighted by Crippen LogP contribution is -2.20. The lowest BCUT2D eigenvalue weighted by Gasteiger charge is -2.11. The molecule has 0 radical (unpaired) electrons. The number of urea groups is 1. The summed E-state index contributed by atoms with van der Waals surface area (Å²) in [6, 6.07) is 7.40. The fourth-order valence-electron chi connectivity index (χ4n) is 3.35. The normalized spacial score (nSPS) is 12.5. The third kappa shape index (κ3) is 4.55. The van der Waals surface area contributed by atoms with Gasteiger partial charge in [-0.1, -0.05) is 12.1 Å². The molecule has 0 spiro atoms. The molecule has 33 heavy (non-hydrogen) atoms. The van der Waals surface area contributed by atoms with E-state index in [1.165, 1.54) is 10.8 Å². The van der Waals surface area contributed by atoms with Gasteiger partial charge in [0.05, 0.1) is 11.7 Å². The first-order valence-corrected chi connectivity index (χ1v) is 9.65. The SMILES string of the molecule is CC(O)c1cn2ncnc(N)c2c1-c1ccc(NC(=O)Nc2cc(C(F)(F)F)ccn2)cc1. The van der Waals surface area contributed by atoms with Crippen LogP contribution in [0.5, 0.6) is 0 Å². The molecule has 12 heteroatoms. The maximum atomic E-state index is 12.8. The van der Waals surface area contributed by atoms with Crippen molar-refractivity contribution in [3.63, 3.8) is 0 Å². The third-order valence-electron chi connectivity index (χ3n) is 4.84. The minimum atomic E-state index is -4.55. The van der Waals surface area contributed by atoms with E-state index in [2.05, 4.69) is 25.7 Å². The number of pyridine rings is 1. The molecule has 4 aromatic rings. The van der Waals surface area contributed by atoms with Gasteiger partial charge in [-0.2, -0.15) is 18.3 Å². The Morgan fingerprint density at radius 1 is 1.15 bits per heavy atom. The fraction of sp³-hybridized carbons (Fsp3) is 0.143. The lowest BCUT2D eigenvalue weighted by atomic mass is 9.99. The smallest absolute Gasteiger partial charge is 0.389 e. The van der Waals surface area contributed by atoms with E-state index in [-0.39, 0.29) is 11.6 Å². The summed E-state index contributed by atoms with van der Waals surface area (Å²) in [5.74, 6) is -0.00153. The summed E-state index contributed by atoms with van der Waals surface area (Å²) < 4.78 is 40.0. The zero-order valence-corrected chi connectivity index (χ0v) is 17.1. The molecule has 0 aliphatic rings. The second-order valence-electron chi connectivity index (χ2n) is 7.16. The number of aliphatic hydroxyl groups excluding tert-OH is 1. The van der Waals surface area contributed by atoms with Crippen LogP contribution in [0, 0.1) is 0 Å². The molecule has 1 atom stereocenters. The molecule has 3 heterocycles. The molecule has 0 bridgehead atoms. The number of anilines is 3. The molecule has 170 valence electrons. The molecule has 5 N–H and O–H groups in total. The number of carbonyl (C=O) groups excluding carboxylic acids is 1. The zero-order chi connectivity index (χ0) is 23.8. The first-order valence-electron chi connectivity index (χ1n) is 9.65. The quantitative estimate of drug-likeness (QED) is 0.365. The van der Waals surface area contributed by atoms with Gasteiger partial charge in [0.25, 0.3) is 0 Å². The molecular weight excluding hydrogens is 439 g/mol. The fourth-order valence-corrected chi connectivity index (χ4v) is 3.35. The number of hydrogen-bond donors (Lipinski definition) is 4. The number of rotatable bonds is 4. The van der Waals surface area contributed by atoms with Crippen molar-refractivity contribution in [1.29, 1.82) is 0 Å². The average molecular weight is 457 g/mol. The second kappa shape index (κ2) is 8.39. The van der Waals surface area contributed by atoms with Crippen LogP contribution in [0.25, 0.3) is 16.6 Å². The van der Waals surface area contributed by atoms with Crippen molar-refractivity contribution < 1.29 is 23.1 Å². The molecule has 0 aliphatic heterocycles. The molecule has 9 nitrogen and oxygen atoms in total. The summed E-state index contributed by atoms with van der Waals surface area (Å²) in [7, 11) is 0. The number of nitrogens with two attached hydrogens (primary N) is 1. The van der Waals surface area contributed by atoms with Gasteiger partial charge in [-0.15, -0.1) is 0 Å². The summed E-state index contributed by atoms with van der Waals surface area (Å²) in [6.07, 6.45) is -1.42. The highest BCUT2D eigenvalue weighted by Crippen LogP contribution is 2.36. The maximum Gasteiger partial charge on any atom is 0.416 e. The van der Waals surface area contributed by atoms with E-state index < -0.39 is 23.9 Å². The summed E-state index contributed by atoms with van der Waals surface area (Å²) in [6.45, 7) is 1.62. The van der Waals surface area contributed by atoms with Crippen LogP contribution in [0.3, 0.4) is 0 Å². The van der Waals surface area contributed by atoms with Crippen LogP contribution >= 0.6 is 0 Å². The summed E-state index contributed by atoms with van der Waals surface area (Å²) in [5.41, 5.74) is 7.95. The van der Waals surface area contributed by atoms with Crippen LogP contribution in [0.1, 0.15) is 24.2 Å². The van der Waals surface area contributed by atoms with E-state index in [4.69, 9.17) is 5.73 Å². The van der Waals surface area contributed by atoms with Crippen molar-refractivity contribution in [2.45, 2.75) is 19.2 Å². The number of nitrogen functional groups attached to an aromatic ring is 1. The molecule has 3 aromatic heterocycles. The van der Waals surface area contributed by atoms with E-state index in [9.17, 15) is 23.1 Å². The molecule has 0 aliphatic carbocycles. The van der Waals surface area contributed by atoms with Gasteiger partial charge in [-0.3, -0.25) is 5.32 Å². The number of nitrogens with zero attached hydrogens (tertiary/aromatic N) is 4. The Balaban J connectivity index is 1.55. The van der Waals surface area contributed by atoms with Gasteiger partial charge >= 0.3 is 12.2 Å². The molecule has 2 amide bonds. The first-order chi connectivity index (χ1) is 15.6. The Bertz CT molecular complexity index is 1320. The van der Waals surface area contributed by atoms with E-state index in [0.29, 0.717) is 27.9 Å². The van der Waals surface area contributed by atoms with Gasteiger partial charge in [-0.25, -0.2) is 19.3 Å². The van der Waals surface area contributed by atoms with Gasteiger partial charge in [0, 0.05) is 29.2 Å². The van der Waals surface area contributed by atoms with E-state index in [1.807, 2.05) is 0 Å². The van der Waals surface area contributed by atoms with E-state index in [0.717, 1.165) is 18.3 Å². The van der Waals surface area contributed by atoms with Crippen molar-refractivity contribution in [2.75, 3.05) is 16.4 Å². The summed E-state index contributed by atoms with van der Waals surface area (Å²) >= 11 is 0. The molecule has 0 saturated carbocycles. The van der Waals surface area contributed by atoms with Crippen LogP contribution in [-0.4, -0.2) is 30.7 Å². The molecule has 4 rings (SSSR count). The van der Waals surface area contributed by atoms with Gasteiger partial charge in [0.1, 0.15) is 17.7 Å². The van der Waals surface area contributed by atoms with Crippen LogP contribution in [0.2, 0.25) is 0 Å². The Morgan fingerprint density at radius 3 is 2.55 bits per heavy atom. The number of fused-ring (bicyclic) bond motifs is 1. The summed E-state index contributed by atoms with van der Waals surface area (Å²) in [5, 5.41) is 19.1. The number of aliphatic hydroxyl groups is 1. The Hall–Kier alpha value is -4.19. The highest BCUT2D eigenvalue weighted by Gasteiger charge is 2.30. The number of carbonyl (C=O) groups is 1. The third-order valence-corrected chi connectivity index (χ3v) is 4.84. The first kappa shape index (κ1) is 22.0. The van der Waals surface area contributed by atoms with E-state index in [1.54, 1.807) is 37.4 Å². The number of alkyl halides is 3. The Kier molecular flexibility index (Phi) is 5.60. The van der Waals surface area contributed by atoms with Crippen molar-refractivity contribution in [3.8, 4) is 11.1 Å². The van der Waals surface area contributed by atoms with Gasteiger partial charge in [0.2, 0.25) is 0 Å². The van der Waals surface area contributed by atoms with Gasteiger partial charge < -0.3 is 16.2 Å². The number of halogens is 3. The topological polar surface area (TPSA) is 130 Å². The number of hydrogen-bond acceptors (Lipinski definition) is 6. The van der Waals surface area contributed by atoms with Crippen LogP contribution in [-0.2, 0) is 6.18 Å². The number of benzene rings is 1. The molecule has 1 unspecified atom stereocenters. The summed E-state index contributed by atoms with van der Waals surface area (Å²) in [4.78, 5) is 19.9. The van der Waals surface area contributed by atoms with E-state index >= 15 is 0 Å². The van der Waals surface area contributed by atoms with Crippen LogP contribution in [0.4, 0.5) is 35.3 Å². The standard InChI is InChI=1S/C21H18F3N7O2/c1-11(32)15-9-31-18(19(25)27-10-28-31)17(15)12-2-4-14(5-3-12)29-20(33)30-16-8-13(6-7-26-16)21(22,23)24/h2-11,32H,1H3,(H2,25,27,28)(H2,26,29,30,33). The van der Waals surface area contributed by atoms with Crippen molar-refractivity contribution >= 4 is 28.9 Å². The Morgan fingerprint density at radius 2 is 1.88 bits per heavy atom. The minimum absolute atomic E-state index is 0.238. The largest absolute Gasteiger partial charge is 0.416 e. The molecule has 0 fully saturated rings. The molecular formula is C21H18F3N7O2.